The molecule has 1 unspecified atom stereocenters. The van der Waals surface area contributed by atoms with Crippen LogP contribution in [0.15, 0.2) is 11.8 Å². The molecule has 0 fully saturated rings. The number of carboxylic acids is 2. The van der Waals surface area contributed by atoms with Crippen LogP contribution in [0.4, 0.5) is 0 Å². The Morgan fingerprint density at radius 2 is 1.85 bits per heavy atom. The molecule has 1 atom stereocenters. The molecule has 0 aromatic rings. The third kappa shape index (κ3) is 3.57. The Morgan fingerprint density at radius 3 is 2.08 bits per heavy atom. The highest BCUT2D eigenvalue weighted by atomic mass is 16.4. The number of hydrogen-bond donors (Lipinski definition) is 3. The lowest BCUT2D eigenvalue weighted by atomic mass is 10.3. The molecule has 0 aliphatic heterocycles. The maximum Gasteiger partial charge on any atom is 0.352 e. The van der Waals surface area contributed by atoms with E-state index >= 15 is 0 Å². The van der Waals surface area contributed by atoms with E-state index in [2.05, 4.69) is 0 Å². The van der Waals surface area contributed by atoms with E-state index in [1.807, 2.05) is 0 Å². The van der Waals surface area contributed by atoms with E-state index in [0.29, 0.717) is 6.08 Å². The second kappa shape index (κ2) is 4.46. The fraction of sp³-hybridized carbons (Fsp3) is 0.429. The monoisotopic (exact) mass is 189 g/mol. The topological polar surface area (TPSA) is 98.1 Å². The lowest BCUT2D eigenvalue weighted by molar-refractivity contribution is -0.137. The van der Waals surface area contributed by atoms with Crippen LogP contribution in [-0.2, 0) is 9.59 Å². The van der Waals surface area contributed by atoms with E-state index in [-0.39, 0.29) is 0 Å². The van der Waals surface area contributed by atoms with Gasteiger partial charge in [0.2, 0.25) is 0 Å². The lowest BCUT2D eigenvalue weighted by Crippen LogP contribution is -2.32. The van der Waals surface area contributed by atoms with Crippen LogP contribution >= 0.6 is 0 Å². The Bertz CT molecular complexity index is 245. The molecule has 0 heterocycles. The molecule has 0 amide bonds. The number of likely N-dealkylation sites (N-methyl/N-ethyl adjacent to an activating group) is 1. The van der Waals surface area contributed by atoms with E-state index in [0.717, 1.165) is 4.90 Å². The summed E-state index contributed by atoms with van der Waals surface area (Å²) in [7, 11) is 1.29. The number of carboxylic acid groups (broad SMARTS) is 2. The van der Waals surface area contributed by atoms with Crippen LogP contribution in [0.1, 0.15) is 6.92 Å². The van der Waals surface area contributed by atoms with Gasteiger partial charge in [-0.25, -0.2) is 9.59 Å². The van der Waals surface area contributed by atoms with Crippen molar-refractivity contribution in [1.82, 2.24) is 4.90 Å². The first-order chi connectivity index (χ1) is 5.86. The zero-order valence-corrected chi connectivity index (χ0v) is 7.26. The minimum atomic E-state index is -1.40. The van der Waals surface area contributed by atoms with Gasteiger partial charge in [-0.2, -0.15) is 0 Å². The third-order valence-electron chi connectivity index (χ3n) is 1.42. The normalized spacial score (nSPS) is 13.6. The van der Waals surface area contributed by atoms with Gasteiger partial charge in [0, 0.05) is 7.05 Å². The van der Waals surface area contributed by atoms with Crippen molar-refractivity contribution in [2.45, 2.75) is 13.2 Å². The molecular weight excluding hydrogens is 178 g/mol. The number of rotatable bonds is 4. The second-order valence-electron chi connectivity index (χ2n) is 2.42. The smallest absolute Gasteiger partial charge is 0.352 e. The highest BCUT2D eigenvalue weighted by Gasteiger charge is 2.17. The number of carbonyl (C=O) groups is 2. The number of aliphatic hydroxyl groups excluding tert-OH is 1. The molecule has 0 saturated heterocycles. The van der Waals surface area contributed by atoms with Crippen molar-refractivity contribution in [3.63, 3.8) is 0 Å². The van der Waals surface area contributed by atoms with Crippen LogP contribution in [0.2, 0.25) is 0 Å². The Balaban J connectivity index is 4.82. The number of aliphatic hydroxyl groups is 1. The van der Waals surface area contributed by atoms with E-state index in [4.69, 9.17) is 15.3 Å². The van der Waals surface area contributed by atoms with Crippen LogP contribution in [0.5, 0.6) is 0 Å². The summed E-state index contributed by atoms with van der Waals surface area (Å²) in [6, 6.07) is 0. The first-order valence-corrected chi connectivity index (χ1v) is 3.45. The molecule has 6 heteroatoms. The second-order valence-corrected chi connectivity index (χ2v) is 2.42. The van der Waals surface area contributed by atoms with Crippen LogP contribution in [0.25, 0.3) is 0 Å². The van der Waals surface area contributed by atoms with Crippen LogP contribution < -0.4 is 0 Å². The summed E-state index contributed by atoms with van der Waals surface area (Å²) in [5.74, 6) is -2.77. The summed E-state index contributed by atoms with van der Waals surface area (Å²) in [5, 5.41) is 25.9. The van der Waals surface area contributed by atoms with Crippen molar-refractivity contribution in [3.05, 3.63) is 11.8 Å². The van der Waals surface area contributed by atoms with Crippen molar-refractivity contribution in [3.8, 4) is 0 Å². The zero-order chi connectivity index (χ0) is 10.6. The Kier molecular flexibility index (Phi) is 3.93. The fourth-order valence-corrected chi connectivity index (χ4v) is 0.633. The standard InChI is InChI=1S/C7H11NO5/c1-4(9)8(2)5(7(12)13)3-6(10)11/h3-4,9H,1-2H3,(H,10,11)(H,12,13)/b5-3+. The van der Waals surface area contributed by atoms with E-state index in [1.165, 1.54) is 14.0 Å². The van der Waals surface area contributed by atoms with Gasteiger partial charge in [-0.3, -0.25) is 0 Å². The minimum Gasteiger partial charge on any atom is -0.478 e. The molecule has 0 saturated carbocycles. The van der Waals surface area contributed by atoms with Gasteiger partial charge in [0.25, 0.3) is 0 Å². The SMILES string of the molecule is CC(O)N(C)/C(=C/C(=O)O)C(=O)O. The van der Waals surface area contributed by atoms with Gasteiger partial charge < -0.3 is 20.2 Å². The first-order valence-electron chi connectivity index (χ1n) is 3.45. The molecule has 0 spiro atoms. The summed E-state index contributed by atoms with van der Waals surface area (Å²) < 4.78 is 0. The quantitative estimate of drug-likeness (QED) is 0.400. The molecule has 74 valence electrons. The van der Waals surface area contributed by atoms with Crippen molar-refractivity contribution in [1.29, 1.82) is 0 Å². The summed E-state index contributed by atoms with van der Waals surface area (Å²) >= 11 is 0. The molecule has 0 aliphatic rings. The average molecular weight is 189 g/mol. The summed E-state index contributed by atoms with van der Waals surface area (Å²) in [6.45, 7) is 1.33. The Morgan fingerprint density at radius 1 is 1.38 bits per heavy atom. The summed E-state index contributed by atoms with van der Waals surface area (Å²) in [4.78, 5) is 21.6. The molecule has 0 bridgehead atoms. The largest absolute Gasteiger partial charge is 0.478 e. The van der Waals surface area contributed by atoms with Crippen molar-refractivity contribution in [2.24, 2.45) is 0 Å². The molecule has 13 heavy (non-hydrogen) atoms. The highest BCUT2D eigenvalue weighted by molar-refractivity contribution is 5.94. The molecule has 0 aliphatic carbocycles. The van der Waals surface area contributed by atoms with E-state index in [9.17, 15) is 9.59 Å². The zero-order valence-electron chi connectivity index (χ0n) is 7.26. The Labute approximate surface area is 74.7 Å². The highest BCUT2D eigenvalue weighted by Crippen LogP contribution is 2.04. The summed E-state index contributed by atoms with van der Waals surface area (Å²) in [5.41, 5.74) is -0.470. The van der Waals surface area contributed by atoms with Gasteiger partial charge in [-0.15, -0.1) is 0 Å². The average Bonchev–Trinajstić information content (AvgIpc) is 1.97. The summed E-state index contributed by atoms with van der Waals surface area (Å²) in [6.07, 6.45) is -0.531. The van der Waals surface area contributed by atoms with E-state index < -0.39 is 23.9 Å². The van der Waals surface area contributed by atoms with E-state index in [1.54, 1.807) is 0 Å². The van der Waals surface area contributed by atoms with Crippen LogP contribution in [-0.4, -0.2) is 45.4 Å². The molecule has 0 rings (SSSR count). The predicted octanol–water partition coefficient (Wildman–Crippen LogP) is -0.690. The van der Waals surface area contributed by atoms with Gasteiger partial charge in [0.15, 0.2) is 0 Å². The molecule has 0 aromatic heterocycles. The van der Waals surface area contributed by atoms with Crippen LogP contribution in [0.3, 0.4) is 0 Å². The van der Waals surface area contributed by atoms with Gasteiger partial charge in [0.1, 0.15) is 11.9 Å². The van der Waals surface area contributed by atoms with Gasteiger partial charge in [-0.05, 0) is 6.92 Å². The molecule has 3 N–H and O–H groups in total. The molecule has 0 radical (unpaired) electrons. The lowest BCUT2D eigenvalue weighted by Gasteiger charge is -2.21. The number of aliphatic carboxylic acids is 2. The van der Waals surface area contributed by atoms with Gasteiger partial charge in [0.05, 0.1) is 6.08 Å². The van der Waals surface area contributed by atoms with Crippen LogP contribution in [0, 0.1) is 0 Å². The number of hydrogen-bond acceptors (Lipinski definition) is 4. The van der Waals surface area contributed by atoms with Crippen molar-refractivity contribution >= 4 is 11.9 Å². The van der Waals surface area contributed by atoms with Gasteiger partial charge >= 0.3 is 11.9 Å². The minimum absolute atomic E-state index is 0.470. The fourth-order valence-electron chi connectivity index (χ4n) is 0.633. The molecule has 0 aromatic carbocycles. The molecule has 6 nitrogen and oxygen atoms in total. The van der Waals surface area contributed by atoms with Crippen molar-refractivity contribution in [2.75, 3.05) is 7.05 Å². The number of nitrogens with zero attached hydrogens (tertiary/aromatic N) is 1. The van der Waals surface area contributed by atoms with Gasteiger partial charge in [-0.1, -0.05) is 0 Å². The first kappa shape index (κ1) is 11.4. The maximum absolute atomic E-state index is 10.5. The van der Waals surface area contributed by atoms with Crippen molar-refractivity contribution < 1.29 is 24.9 Å². The predicted molar refractivity (Wildman–Crippen MR) is 42.8 cm³/mol. The molecular formula is C7H11NO5. The Hall–Kier alpha value is -1.56. The maximum atomic E-state index is 10.5. The third-order valence-corrected chi connectivity index (χ3v) is 1.42.